The van der Waals surface area contributed by atoms with Crippen molar-refractivity contribution in [3.8, 4) is 0 Å². The second kappa shape index (κ2) is 7.31. The molecule has 1 atom stereocenters. The zero-order valence-electron chi connectivity index (χ0n) is 15.2. The van der Waals surface area contributed by atoms with E-state index in [2.05, 4.69) is 33.8 Å². The molecule has 3 rings (SSSR count). The van der Waals surface area contributed by atoms with E-state index in [-0.39, 0.29) is 0 Å². The Morgan fingerprint density at radius 3 is 2.88 bits per heavy atom. The van der Waals surface area contributed by atoms with Crippen molar-refractivity contribution in [2.45, 2.75) is 58.2 Å². The van der Waals surface area contributed by atoms with Gasteiger partial charge in [0.1, 0.15) is 5.60 Å². The fraction of sp³-hybridized carbons (Fsp3) is 0.450. The number of fused-ring (bicyclic) bond motifs is 1. The van der Waals surface area contributed by atoms with E-state index in [4.69, 9.17) is 4.74 Å². The van der Waals surface area contributed by atoms with E-state index in [1.165, 1.54) is 16.7 Å². The highest BCUT2D eigenvalue weighted by Crippen LogP contribution is 2.32. The number of anilines is 1. The minimum absolute atomic E-state index is 0.356. The standard InChI is InChI=1S/C20H27N3O2/c1-20(2,3)25-19(24)23-16-7-8-17-15(11-16)5-4-6-18(17)22-13-14-9-10-21-12-14/h7-12,18,21-22H,4-6,13H2,1-3H3,(H,23,24). The Morgan fingerprint density at radius 2 is 2.16 bits per heavy atom. The maximum absolute atomic E-state index is 11.9. The van der Waals surface area contributed by atoms with Crippen LogP contribution in [0.15, 0.2) is 36.7 Å². The molecule has 2 aromatic rings. The molecule has 0 radical (unpaired) electrons. The maximum Gasteiger partial charge on any atom is 0.412 e. The third-order valence-electron chi connectivity index (χ3n) is 4.32. The van der Waals surface area contributed by atoms with E-state index in [1.54, 1.807) is 0 Å². The number of H-pyrrole nitrogens is 1. The number of carbonyl (C=O) groups excluding carboxylic acids is 1. The lowest BCUT2D eigenvalue weighted by atomic mass is 9.87. The van der Waals surface area contributed by atoms with Gasteiger partial charge in [-0.25, -0.2) is 4.79 Å². The molecule has 1 unspecified atom stereocenters. The monoisotopic (exact) mass is 341 g/mol. The third-order valence-corrected chi connectivity index (χ3v) is 4.32. The summed E-state index contributed by atoms with van der Waals surface area (Å²) in [5.74, 6) is 0. The van der Waals surface area contributed by atoms with Crippen molar-refractivity contribution in [3.63, 3.8) is 0 Å². The fourth-order valence-electron chi connectivity index (χ4n) is 3.23. The summed E-state index contributed by atoms with van der Waals surface area (Å²) in [6.07, 6.45) is 6.88. The number of hydrogen-bond acceptors (Lipinski definition) is 3. The van der Waals surface area contributed by atoms with Crippen LogP contribution in [0.25, 0.3) is 0 Å². The number of aryl methyl sites for hydroxylation is 1. The molecule has 5 nitrogen and oxygen atoms in total. The molecule has 5 heteroatoms. The summed E-state index contributed by atoms with van der Waals surface area (Å²) >= 11 is 0. The Labute approximate surface area is 149 Å². The summed E-state index contributed by atoms with van der Waals surface area (Å²) in [6.45, 7) is 6.44. The average Bonchev–Trinajstić information content (AvgIpc) is 3.04. The first kappa shape index (κ1) is 17.5. The maximum atomic E-state index is 11.9. The molecule has 1 aromatic carbocycles. The molecule has 0 bridgehead atoms. The van der Waals surface area contributed by atoms with Crippen LogP contribution in [0.3, 0.4) is 0 Å². The molecule has 1 aliphatic rings. The van der Waals surface area contributed by atoms with Gasteiger partial charge >= 0.3 is 6.09 Å². The first-order valence-corrected chi connectivity index (χ1v) is 8.88. The highest BCUT2D eigenvalue weighted by atomic mass is 16.6. The molecule has 134 valence electrons. The number of nitrogens with one attached hydrogen (secondary N) is 3. The molecule has 0 aliphatic heterocycles. The minimum Gasteiger partial charge on any atom is -0.444 e. The van der Waals surface area contributed by atoms with Gasteiger partial charge in [0.2, 0.25) is 0 Å². The van der Waals surface area contributed by atoms with Crippen molar-refractivity contribution in [2.75, 3.05) is 5.32 Å². The number of aromatic amines is 1. The Bertz CT molecular complexity index is 717. The molecule has 1 heterocycles. The van der Waals surface area contributed by atoms with E-state index < -0.39 is 11.7 Å². The number of hydrogen-bond donors (Lipinski definition) is 3. The summed E-state index contributed by atoms with van der Waals surface area (Å²) in [6, 6.07) is 8.59. The fourth-order valence-corrected chi connectivity index (χ4v) is 3.23. The molecule has 1 amide bonds. The smallest absolute Gasteiger partial charge is 0.412 e. The van der Waals surface area contributed by atoms with E-state index >= 15 is 0 Å². The second-order valence-corrected chi connectivity index (χ2v) is 7.59. The van der Waals surface area contributed by atoms with Gasteiger partial charge in [0, 0.05) is 30.7 Å². The molecule has 0 saturated heterocycles. The highest BCUT2D eigenvalue weighted by Gasteiger charge is 2.21. The van der Waals surface area contributed by atoms with E-state index in [9.17, 15) is 4.79 Å². The molecular formula is C20H27N3O2. The van der Waals surface area contributed by atoms with Crippen molar-refractivity contribution < 1.29 is 9.53 Å². The van der Waals surface area contributed by atoms with Crippen LogP contribution < -0.4 is 10.6 Å². The second-order valence-electron chi connectivity index (χ2n) is 7.59. The summed E-state index contributed by atoms with van der Waals surface area (Å²) in [7, 11) is 0. The largest absolute Gasteiger partial charge is 0.444 e. The molecule has 3 N–H and O–H groups in total. The van der Waals surface area contributed by atoms with Crippen molar-refractivity contribution in [2.24, 2.45) is 0 Å². The zero-order valence-corrected chi connectivity index (χ0v) is 15.2. The van der Waals surface area contributed by atoms with Gasteiger partial charge in [0.25, 0.3) is 0 Å². The molecule has 1 aliphatic carbocycles. The molecule has 0 saturated carbocycles. The quantitative estimate of drug-likeness (QED) is 0.765. The number of ether oxygens (including phenoxy) is 1. The van der Waals surface area contributed by atoms with Crippen LogP contribution in [-0.4, -0.2) is 16.7 Å². The van der Waals surface area contributed by atoms with Gasteiger partial charge in [-0.3, -0.25) is 5.32 Å². The Hall–Kier alpha value is -2.27. The Kier molecular flexibility index (Phi) is 5.13. The summed E-state index contributed by atoms with van der Waals surface area (Å²) in [5, 5.41) is 6.47. The normalized spacial score (nSPS) is 17.0. The number of carbonyl (C=O) groups is 1. The van der Waals surface area contributed by atoms with Crippen LogP contribution in [0.2, 0.25) is 0 Å². The van der Waals surface area contributed by atoms with Crippen molar-refractivity contribution >= 4 is 11.8 Å². The molecular weight excluding hydrogens is 314 g/mol. The number of rotatable bonds is 4. The van der Waals surface area contributed by atoms with Crippen LogP contribution >= 0.6 is 0 Å². The molecule has 0 spiro atoms. The highest BCUT2D eigenvalue weighted by molar-refractivity contribution is 5.85. The topological polar surface area (TPSA) is 66.2 Å². The van der Waals surface area contributed by atoms with Gasteiger partial charge in [-0.2, -0.15) is 0 Å². The molecule has 25 heavy (non-hydrogen) atoms. The molecule has 0 fully saturated rings. The lowest BCUT2D eigenvalue weighted by molar-refractivity contribution is 0.0636. The summed E-state index contributed by atoms with van der Waals surface area (Å²) in [5.41, 5.74) is 4.18. The number of amides is 1. The summed E-state index contributed by atoms with van der Waals surface area (Å²) < 4.78 is 5.32. The van der Waals surface area contributed by atoms with Gasteiger partial charge < -0.3 is 15.0 Å². The minimum atomic E-state index is -0.495. The number of aromatic nitrogens is 1. The van der Waals surface area contributed by atoms with E-state index in [0.717, 1.165) is 31.5 Å². The van der Waals surface area contributed by atoms with Crippen LogP contribution in [0.1, 0.15) is 56.3 Å². The Balaban J connectivity index is 1.66. The van der Waals surface area contributed by atoms with Crippen molar-refractivity contribution in [3.05, 3.63) is 53.3 Å². The third kappa shape index (κ3) is 4.86. The Morgan fingerprint density at radius 1 is 1.32 bits per heavy atom. The van der Waals surface area contributed by atoms with Gasteiger partial charge in [0.15, 0.2) is 0 Å². The van der Waals surface area contributed by atoms with E-state index in [0.29, 0.717) is 6.04 Å². The van der Waals surface area contributed by atoms with Gasteiger partial charge in [-0.1, -0.05) is 6.07 Å². The van der Waals surface area contributed by atoms with Gasteiger partial charge in [-0.15, -0.1) is 0 Å². The number of benzene rings is 1. The van der Waals surface area contributed by atoms with Crippen LogP contribution in [-0.2, 0) is 17.7 Å². The average molecular weight is 341 g/mol. The summed E-state index contributed by atoms with van der Waals surface area (Å²) in [4.78, 5) is 15.0. The lowest BCUT2D eigenvalue weighted by Gasteiger charge is -2.27. The van der Waals surface area contributed by atoms with Gasteiger partial charge in [0.05, 0.1) is 0 Å². The predicted molar refractivity (Wildman–Crippen MR) is 99.6 cm³/mol. The van der Waals surface area contributed by atoms with Crippen LogP contribution in [0, 0.1) is 0 Å². The van der Waals surface area contributed by atoms with Crippen molar-refractivity contribution in [1.29, 1.82) is 0 Å². The molecule has 1 aromatic heterocycles. The van der Waals surface area contributed by atoms with Crippen LogP contribution in [0.4, 0.5) is 10.5 Å². The lowest BCUT2D eigenvalue weighted by Crippen LogP contribution is -2.27. The zero-order chi connectivity index (χ0) is 17.9. The van der Waals surface area contributed by atoms with E-state index in [1.807, 2.05) is 39.2 Å². The van der Waals surface area contributed by atoms with Crippen LogP contribution in [0.5, 0.6) is 0 Å². The first-order valence-electron chi connectivity index (χ1n) is 8.88. The predicted octanol–water partition coefficient (Wildman–Crippen LogP) is 4.53. The first-order chi connectivity index (χ1) is 11.9. The van der Waals surface area contributed by atoms with Gasteiger partial charge in [-0.05, 0) is 74.9 Å². The SMILES string of the molecule is CC(C)(C)OC(=O)Nc1ccc2c(c1)CCCC2NCc1cc[nH]c1. The van der Waals surface area contributed by atoms with Crippen molar-refractivity contribution in [1.82, 2.24) is 10.3 Å².